The molecule has 0 aromatic carbocycles. The maximum Gasteiger partial charge on any atom is 0.0658 e. The molecular formula is C30H30N4. The highest BCUT2D eigenvalue weighted by Crippen LogP contribution is 2.71. The Hall–Kier alpha value is -3.40. The van der Waals surface area contributed by atoms with Crippen molar-refractivity contribution in [3.63, 3.8) is 0 Å². The van der Waals surface area contributed by atoms with E-state index in [1.54, 1.807) is 0 Å². The lowest BCUT2D eigenvalue weighted by Crippen LogP contribution is -2.31. The molecule has 4 aliphatic rings. The minimum atomic E-state index is 0.322. The Balaban J connectivity index is 1.49. The summed E-state index contributed by atoms with van der Waals surface area (Å²) >= 11 is 0. The minimum absolute atomic E-state index is 0.322. The molecule has 0 saturated heterocycles. The zero-order valence-corrected chi connectivity index (χ0v) is 20.0. The summed E-state index contributed by atoms with van der Waals surface area (Å²) in [6.07, 6.45) is 12.3. The number of rotatable bonds is 1. The fourth-order valence-corrected chi connectivity index (χ4v) is 7.00. The van der Waals surface area contributed by atoms with Gasteiger partial charge in [-0.1, -0.05) is 20.8 Å². The fraction of sp³-hybridized carbons (Fsp3) is 0.333. The maximum absolute atomic E-state index is 4.90. The zero-order chi connectivity index (χ0) is 23.1. The molecule has 3 aromatic heterocycles. The molecule has 4 heteroatoms. The molecule has 2 fully saturated rings. The van der Waals surface area contributed by atoms with Gasteiger partial charge < -0.3 is 9.97 Å². The van der Waals surface area contributed by atoms with Gasteiger partial charge in [-0.3, -0.25) is 0 Å². The Morgan fingerprint density at radius 1 is 0.735 bits per heavy atom. The number of H-pyrrole nitrogens is 2. The van der Waals surface area contributed by atoms with Gasteiger partial charge in [-0.25, -0.2) is 9.97 Å². The normalized spacial score (nSPS) is 26.4. The summed E-state index contributed by atoms with van der Waals surface area (Å²) in [7, 11) is 0. The Morgan fingerprint density at radius 3 is 1.88 bits per heavy atom. The number of hydrogen-bond acceptors (Lipinski definition) is 2. The molecule has 3 unspecified atom stereocenters. The van der Waals surface area contributed by atoms with E-state index in [-0.39, 0.29) is 0 Å². The molecule has 7 rings (SSSR count). The Bertz CT molecular complexity index is 1550. The van der Waals surface area contributed by atoms with E-state index in [0.29, 0.717) is 16.7 Å². The molecule has 0 amide bonds. The van der Waals surface area contributed by atoms with Gasteiger partial charge in [-0.15, -0.1) is 0 Å². The smallest absolute Gasteiger partial charge is 0.0658 e. The van der Waals surface area contributed by atoms with E-state index in [4.69, 9.17) is 9.97 Å². The lowest BCUT2D eigenvalue weighted by atomic mass is 9.65. The Labute approximate surface area is 199 Å². The average molecular weight is 447 g/mol. The number of nitrogens with one attached hydrogen (secondary N) is 2. The second-order valence-corrected chi connectivity index (χ2v) is 11.3. The standard InChI is InChI=1S/C30H30N4/c1-29(2)18-10-11-30(29,3)27(12-18)26-16-25-15-23-7-6-21(32-23)13-19-4-5-20(31-19)14-22-8-9-24(33-22)17-28(26)34-25/h4-9,13-18,27,31,34H,10-12H2,1-3H3. The van der Waals surface area contributed by atoms with Crippen LogP contribution in [0, 0.1) is 16.7 Å². The lowest BCUT2D eigenvalue weighted by Gasteiger charge is -2.39. The van der Waals surface area contributed by atoms with Gasteiger partial charge in [0.05, 0.1) is 22.8 Å². The van der Waals surface area contributed by atoms with Crippen LogP contribution in [0.15, 0.2) is 42.5 Å². The van der Waals surface area contributed by atoms with Crippen LogP contribution < -0.4 is 0 Å². The van der Waals surface area contributed by atoms with Crippen LogP contribution in [-0.2, 0) is 0 Å². The van der Waals surface area contributed by atoms with Gasteiger partial charge in [0.15, 0.2) is 0 Å². The van der Waals surface area contributed by atoms with E-state index in [1.165, 1.54) is 30.3 Å². The van der Waals surface area contributed by atoms with E-state index in [2.05, 4.69) is 97.5 Å². The van der Waals surface area contributed by atoms with E-state index >= 15 is 0 Å². The van der Waals surface area contributed by atoms with Crippen LogP contribution in [0.5, 0.6) is 0 Å². The molecule has 0 spiro atoms. The van der Waals surface area contributed by atoms with Gasteiger partial charge in [-0.2, -0.15) is 0 Å². The van der Waals surface area contributed by atoms with Gasteiger partial charge in [0.1, 0.15) is 0 Å². The summed E-state index contributed by atoms with van der Waals surface area (Å²) in [6.45, 7) is 7.52. The van der Waals surface area contributed by atoms with Crippen molar-refractivity contribution in [1.29, 1.82) is 0 Å². The van der Waals surface area contributed by atoms with Crippen LogP contribution >= 0.6 is 0 Å². The van der Waals surface area contributed by atoms with Gasteiger partial charge in [0.2, 0.25) is 0 Å². The van der Waals surface area contributed by atoms with Crippen LogP contribution in [0.4, 0.5) is 0 Å². The van der Waals surface area contributed by atoms with Crippen LogP contribution in [0.2, 0.25) is 0 Å². The number of fused-ring (bicyclic) bond motifs is 10. The first-order chi connectivity index (χ1) is 16.4. The van der Waals surface area contributed by atoms with E-state index < -0.39 is 0 Å². The van der Waals surface area contributed by atoms with Crippen molar-refractivity contribution >= 4 is 46.4 Å². The topological polar surface area (TPSA) is 57.4 Å². The molecule has 34 heavy (non-hydrogen) atoms. The molecule has 3 atom stereocenters. The van der Waals surface area contributed by atoms with E-state index in [9.17, 15) is 0 Å². The number of nitrogens with zero attached hydrogens (tertiary/aromatic N) is 2. The Morgan fingerprint density at radius 2 is 1.32 bits per heavy atom. The van der Waals surface area contributed by atoms with E-state index in [0.717, 1.165) is 45.2 Å². The molecule has 2 saturated carbocycles. The molecule has 0 radical (unpaired) electrons. The predicted octanol–water partition coefficient (Wildman–Crippen LogP) is 7.59. The zero-order valence-electron chi connectivity index (χ0n) is 20.0. The molecule has 2 N–H and O–H groups in total. The third-order valence-corrected chi connectivity index (χ3v) is 9.37. The summed E-state index contributed by atoms with van der Waals surface area (Å²) in [4.78, 5) is 16.9. The highest BCUT2D eigenvalue weighted by Gasteiger charge is 2.61. The summed E-state index contributed by atoms with van der Waals surface area (Å²) in [5, 5.41) is 0. The SMILES string of the molecule is CC1(C)C2CCC1(C)C(c1cc3cc4nc(cc5ccc(cc6nc(cc1[nH]3)C=C6)[nH]5)C=C4)C2. The van der Waals surface area contributed by atoms with Crippen molar-refractivity contribution in [1.82, 2.24) is 19.9 Å². The molecular weight excluding hydrogens is 416 g/mol. The van der Waals surface area contributed by atoms with Crippen molar-refractivity contribution in [2.24, 2.45) is 16.7 Å². The minimum Gasteiger partial charge on any atom is -0.355 e. The average Bonchev–Trinajstić information content (AvgIpc) is 3.62. The van der Waals surface area contributed by atoms with Crippen molar-refractivity contribution < 1.29 is 0 Å². The molecule has 10 bridgehead atoms. The van der Waals surface area contributed by atoms with Crippen molar-refractivity contribution in [2.45, 2.75) is 46.0 Å². The van der Waals surface area contributed by atoms with Crippen molar-refractivity contribution in [3.8, 4) is 0 Å². The van der Waals surface area contributed by atoms with Crippen LogP contribution in [-0.4, -0.2) is 19.9 Å². The molecule has 4 nitrogen and oxygen atoms in total. The summed E-state index contributed by atoms with van der Waals surface area (Å²) in [5.74, 6) is 1.36. The molecule has 5 heterocycles. The number of hydrogen-bond donors (Lipinski definition) is 2. The second kappa shape index (κ2) is 6.82. The quantitative estimate of drug-likeness (QED) is 0.279. The summed E-state index contributed by atoms with van der Waals surface area (Å²) in [5.41, 5.74) is 10.4. The predicted molar refractivity (Wildman–Crippen MR) is 141 cm³/mol. The first kappa shape index (κ1) is 20.0. The van der Waals surface area contributed by atoms with Gasteiger partial charge in [-0.05, 0) is 114 Å². The van der Waals surface area contributed by atoms with Gasteiger partial charge in [0.25, 0.3) is 0 Å². The third-order valence-electron chi connectivity index (χ3n) is 9.37. The van der Waals surface area contributed by atoms with Crippen molar-refractivity contribution in [3.05, 3.63) is 70.8 Å². The Kier molecular flexibility index (Phi) is 4.01. The molecule has 2 aliphatic heterocycles. The fourth-order valence-electron chi connectivity index (χ4n) is 7.00. The maximum atomic E-state index is 4.90. The highest BCUT2D eigenvalue weighted by molar-refractivity contribution is 5.78. The molecule has 2 aliphatic carbocycles. The largest absolute Gasteiger partial charge is 0.355 e. The number of aromatic nitrogens is 4. The number of aromatic amines is 2. The second-order valence-electron chi connectivity index (χ2n) is 11.3. The van der Waals surface area contributed by atoms with E-state index in [1.807, 2.05) is 0 Å². The van der Waals surface area contributed by atoms with Crippen LogP contribution in [0.1, 0.15) is 74.3 Å². The first-order valence-electron chi connectivity index (χ1n) is 12.5. The first-order valence-corrected chi connectivity index (χ1v) is 12.5. The van der Waals surface area contributed by atoms with Gasteiger partial charge in [0, 0.05) is 22.1 Å². The lowest BCUT2D eigenvalue weighted by molar-refractivity contribution is 0.135. The summed E-state index contributed by atoms with van der Waals surface area (Å²) < 4.78 is 0. The van der Waals surface area contributed by atoms with Gasteiger partial charge >= 0.3 is 0 Å². The monoisotopic (exact) mass is 446 g/mol. The van der Waals surface area contributed by atoms with Crippen LogP contribution in [0.3, 0.4) is 0 Å². The molecule has 170 valence electrons. The van der Waals surface area contributed by atoms with Crippen molar-refractivity contribution in [2.75, 3.05) is 0 Å². The van der Waals surface area contributed by atoms with Crippen LogP contribution in [0.25, 0.3) is 46.4 Å². The summed E-state index contributed by atoms with van der Waals surface area (Å²) in [6, 6.07) is 15.1. The molecule has 3 aromatic rings. The third kappa shape index (κ3) is 2.91. The highest BCUT2D eigenvalue weighted by atomic mass is 14.8.